The van der Waals surface area contributed by atoms with E-state index in [0.717, 1.165) is 12.8 Å². The molecule has 5 nitrogen and oxygen atoms in total. The zero-order chi connectivity index (χ0) is 14.5. The summed E-state index contributed by atoms with van der Waals surface area (Å²) in [5, 5.41) is 13.4. The molecule has 0 aliphatic carbocycles. The molecule has 20 heavy (non-hydrogen) atoms. The first-order valence-electron chi connectivity index (χ1n) is 6.52. The standard InChI is InChI=1S/C14H17FN2O3/c1-3-4-13-16-14(20-17-13)8-19-12-7-10(15)5-6-11(12)9(2)18/h5-7,9,18H,3-4,8H2,1-2H3. The Hall–Kier alpha value is -1.95. The highest BCUT2D eigenvalue weighted by Gasteiger charge is 2.12. The molecule has 1 aromatic carbocycles. The summed E-state index contributed by atoms with van der Waals surface area (Å²) in [5.41, 5.74) is 0.514. The van der Waals surface area contributed by atoms with Crippen LogP contribution in [-0.2, 0) is 13.0 Å². The van der Waals surface area contributed by atoms with Gasteiger partial charge in [0.25, 0.3) is 5.89 Å². The summed E-state index contributed by atoms with van der Waals surface area (Å²) in [5.74, 6) is 0.798. The average Bonchev–Trinajstić information content (AvgIpc) is 2.84. The van der Waals surface area contributed by atoms with Crippen LogP contribution in [0.25, 0.3) is 0 Å². The van der Waals surface area contributed by atoms with Crippen LogP contribution in [0.5, 0.6) is 5.75 Å². The molecule has 1 aromatic heterocycles. The van der Waals surface area contributed by atoms with E-state index < -0.39 is 11.9 Å². The molecular weight excluding hydrogens is 263 g/mol. The van der Waals surface area contributed by atoms with Crippen molar-refractivity contribution in [2.75, 3.05) is 0 Å². The van der Waals surface area contributed by atoms with Gasteiger partial charge in [-0.25, -0.2) is 4.39 Å². The predicted molar refractivity (Wildman–Crippen MR) is 69.7 cm³/mol. The molecule has 108 valence electrons. The van der Waals surface area contributed by atoms with Crippen LogP contribution in [0.3, 0.4) is 0 Å². The number of nitrogens with zero attached hydrogens (tertiary/aromatic N) is 2. The molecule has 2 rings (SSSR count). The summed E-state index contributed by atoms with van der Waals surface area (Å²) < 4.78 is 23.7. The Labute approximate surface area is 116 Å². The minimum Gasteiger partial charge on any atom is -0.483 e. The fourth-order valence-corrected chi connectivity index (χ4v) is 1.79. The summed E-state index contributed by atoms with van der Waals surface area (Å²) in [4.78, 5) is 4.15. The molecule has 0 bridgehead atoms. The van der Waals surface area contributed by atoms with E-state index >= 15 is 0 Å². The zero-order valence-electron chi connectivity index (χ0n) is 11.5. The van der Waals surface area contributed by atoms with Crippen LogP contribution in [0.2, 0.25) is 0 Å². The van der Waals surface area contributed by atoms with Crippen molar-refractivity contribution in [1.29, 1.82) is 0 Å². The van der Waals surface area contributed by atoms with E-state index in [1.165, 1.54) is 18.2 Å². The van der Waals surface area contributed by atoms with Crippen LogP contribution in [0.15, 0.2) is 22.7 Å². The van der Waals surface area contributed by atoms with Gasteiger partial charge in [0.2, 0.25) is 0 Å². The van der Waals surface area contributed by atoms with E-state index in [0.29, 0.717) is 17.3 Å². The average molecular weight is 280 g/mol. The molecule has 0 aliphatic rings. The predicted octanol–water partition coefficient (Wildman–Crippen LogP) is 2.79. The lowest BCUT2D eigenvalue weighted by atomic mass is 10.1. The van der Waals surface area contributed by atoms with Gasteiger partial charge in [-0.15, -0.1) is 0 Å². The molecule has 1 N–H and O–H groups in total. The van der Waals surface area contributed by atoms with Crippen LogP contribution in [0.4, 0.5) is 4.39 Å². The second-order valence-electron chi connectivity index (χ2n) is 4.50. The Morgan fingerprint density at radius 3 is 2.95 bits per heavy atom. The summed E-state index contributed by atoms with van der Waals surface area (Å²) >= 11 is 0. The lowest BCUT2D eigenvalue weighted by Gasteiger charge is -2.12. The largest absolute Gasteiger partial charge is 0.483 e. The fourth-order valence-electron chi connectivity index (χ4n) is 1.79. The van der Waals surface area contributed by atoms with E-state index in [2.05, 4.69) is 10.1 Å². The molecule has 0 fully saturated rings. The van der Waals surface area contributed by atoms with Gasteiger partial charge in [-0.3, -0.25) is 0 Å². The third-order valence-electron chi connectivity index (χ3n) is 2.76. The van der Waals surface area contributed by atoms with E-state index in [1.54, 1.807) is 6.92 Å². The smallest absolute Gasteiger partial charge is 0.264 e. The highest BCUT2D eigenvalue weighted by Crippen LogP contribution is 2.26. The number of aryl methyl sites for hydroxylation is 1. The van der Waals surface area contributed by atoms with Crippen LogP contribution < -0.4 is 4.74 Å². The monoisotopic (exact) mass is 280 g/mol. The highest BCUT2D eigenvalue weighted by atomic mass is 19.1. The normalized spacial score (nSPS) is 12.4. The van der Waals surface area contributed by atoms with Gasteiger partial charge >= 0.3 is 0 Å². The van der Waals surface area contributed by atoms with E-state index in [1.807, 2.05) is 6.92 Å². The van der Waals surface area contributed by atoms with Crippen molar-refractivity contribution < 1.29 is 18.8 Å². The molecule has 1 unspecified atom stereocenters. The van der Waals surface area contributed by atoms with Gasteiger partial charge in [0.1, 0.15) is 11.6 Å². The minimum absolute atomic E-state index is 0.0416. The Kier molecular flexibility index (Phi) is 4.68. The van der Waals surface area contributed by atoms with Gasteiger partial charge in [-0.1, -0.05) is 12.1 Å². The third kappa shape index (κ3) is 3.54. The second kappa shape index (κ2) is 6.47. The van der Waals surface area contributed by atoms with Gasteiger partial charge in [0.15, 0.2) is 12.4 Å². The van der Waals surface area contributed by atoms with Crippen molar-refractivity contribution in [3.63, 3.8) is 0 Å². The molecule has 0 radical (unpaired) electrons. The Bertz CT molecular complexity index is 569. The number of aliphatic hydroxyl groups excluding tert-OH is 1. The quantitative estimate of drug-likeness (QED) is 0.881. The summed E-state index contributed by atoms with van der Waals surface area (Å²) in [7, 11) is 0. The summed E-state index contributed by atoms with van der Waals surface area (Å²) in [6.07, 6.45) is 0.919. The lowest BCUT2D eigenvalue weighted by molar-refractivity contribution is 0.185. The molecule has 2 aromatic rings. The van der Waals surface area contributed by atoms with Gasteiger partial charge in [0, 0.05) is 18.1 Å². The lowest BCUT2D eigenvalue weighted by Crippen LogP contribution is -2.02. The molecule has 0 spiro atoms. The molecule has 6 heteroatoms. The first-order valence-corrected chi connectivity index (χ1v) is 6.52. The number of rotatable bonds is 6. The van der Waals surface area contributed by atoms with Crippen LogP contribution >= 0.6 is 0 Å². The molecule has 0 amide bonds. The number of aliphatic hydroxyl groups is 1. The van der Waals surface area contributed by atoms with Crippen molar-refractivity contribution in [3.8, 4) is 5.75 Å². The summed E-state index contributed by atoms with van der Waals surface area (Å²) in [6, 6.07) is 4.00. The maximum absolute atomic E-state index is 13.2. The highest BCUT2D eigenvalue weighted by molar-refractivity contribution is 5.35. The van der Waals surface area contributed by atoms with Crippen molar-refractivity contribution >= 4 is 0 Å². The topological polar surface area (TPSA) is 68.4 Å². The maximum Gasteiger partial charge on any atom is 0.264 e. The van der Waals surface area contributed by atoms with Crippen LogP contribution in [0.1, 0.15) is 43.7 Å². The SMILES string of the molecule is CCCc1noc(COc2cc(F)ccc2C(C)O)n1. The van der Waals surface area contributed by atoms with Gasteiger partial charge in [-0.05, 0) is 25.5 Å². The van der Waals surface area contributed by atoms with Crippen LogP contribution in [-0.4, -0.2) is 15.2 Å². The number of hydrogen-bond acceptors (Lipinski definition) is 5. The molecule has 1 heterocycles. The Morgan fingerprint density at radius 2 is 2.25 bits per heavy atom. The van der Waals surface area contributed by atoms with E-state index in [4.69, 9.17) is 9.26 Å². The van der Waals surface area contributed by atoms with Crippen molar-refractivity contribution in [3.05, 3.63) is 41.3 Å². The minimum atomic E-state index is -0.746. The number of hydrogen-bond donors (Lipinski definition) is 1. The molecular formula is C14H17FN2O3. The van der Waals surface area contributed by atoms with Gasteiger partial charge < -0.3 is 14.4 Å². The van der Waals surface area contributed by atoms with Gasteiger partial charge in [0.05, 0.1) is 6.10 Å². The van der Waals surface area contributed by atoms with Crippen LogP contribution in [0, 0.1) is 5.82 Å². The molecule has 0 saturated heterocycles. The first-order chi connectivity index (χ1) is 9.60. The Morgan fingerprint density at radius 1 is 1.45 bits per heavy atom. The molecule has 0 saturated carbocycles. The molecule has 0 aliphatic heterocycles. The fraction of sp³-hybridized carbons (Fsp3) is 0.429. The summed E-state index contributed by atoms with van der Waals surface area (Å²) in [6.45, 7) is 3.65. The van der Waals surface area contributed by atoms with Crippen molar-refractivity contribution in [2.45, 2.75) is 39.4 Å². The second-order valence-corrected chi connectivity index (χ2v) is 4.50. The van der Waals surface area contributed by atoms with Gasteiger partial charge in [-0.2, -0.15) is 4.98 Å². The number of benzene rings is 1. The van der Waals surface area contributed by atoms with E-state index in [9.17, 15) is 9.50 Å². The number of halogens is 1. The molecule has 1 atom stereocenters. The number of ether oxygens (including phenoxy) is 1. The third-order valence-corrected chi connectivity index (χ3v) is 2.76. The number of aromatic nitrogens is 2. The maximum atomic E-state index is 13.2. The van der Waals surface area contributed by atoms with Crippen molar-refractivity contribution in [1.82, 2.24) is 10.1 Å². The zero-order valence-corrected chi connectivity index (χ0v) is 11.5. The Balaban J connectivity index is 2.07. The van der Waals surface area contributed by atoms with E-state index in [-0.39, 0.29) is 12.4 Å². The van der Waals surface area contributed by atoms with Crippen molar-refractivity contribution in [2.24, 2.45) is 0 Å². The first kappa shape index (κ1) is 14.5.